The van der Waals surface area contributed by atoms with Crippen LogP contribution < -0.4 is 0 Å². The molecule has 25 heavy (non-hydrogen) atoms. The van der Waals surface area contributed by atoms with Crippen LogP contribution in [0.3, 0.4) is 0 Å². The first kappa shape index (κ1) is 19.1. The third-order valence-electron chi connectivity index (χ3n) is 4.82. The minimum atomic E-state index is -1.07. The Hall–Kier alpha value is -2.21. The molecule has 0 aromatic heterocycles. The number of rotatable bonds is 6. The van der Waals surface area contributed by atoms with Gasteiger partial charge in [-0.25, -0.2) is 0 Å². The van der Waals surface area contributed by atoms with Crippen molar-refractivity contribution < 1.29 is 19.5 Å². The van der Waals surface area contributed by atoms with Crippen molar-refractivity contribution >= 4 is 17.7 Å². The van der Waals surface area contributed by atoms with E-state index in [2.05, 4.69) is 6.92 Å². The van der Waals surface area contributed by atoms with Crippen LogP contribution in [-0.4, -0.2) is 46.2 Å². The maximum atomic E-state index is 12.5. The molecule has 1 atom stereocenters. The molecule has 1 unspecified atom stereocenters. The third-order valence-corrected chi connectivity index (χ3v) is 4.82. The maximum absolute atomic E-state index is 12.5. The van der Waals surface area contributed by atoms with Crippen LogP contribution in [-0.2, 0) is 0 Å². The molecular weight excluding hydrogens is 320 g/mol. The fraction of sp³-hybridized carbons (Fsp3) is 0.526. The average Bonchev–Trinajstić information content (AvgIpc) is 2.94. The smallest absolute Gasteiger partial charge is 0.261 e. The zero-order chi connectivity index (χ0) is 17.4. The highest BCUT2D eigenvalue weighted by Crippen LogP contribution is 2.35. The molecule has 2 aliphatic heterocycles. The second kappa shape index (κ2) is 7.35. The van der Waals surface area contributed by atoms with E-state index in [4.69, 9.17) is 0 Å². The van der Waals surface area contributed by atoms with Crippen LogP contribution in [0.4, 0.5) is 0 Å². The maximum Gasteiger partial charge on any atom is 0.261 e. The van der Waals surface area contributed by atoms with Gasteiger partial charge in [0, 0.05) is 24.7 Å². The van der Waals surface area contributed by atoms with Gasteiger partial charge in [0.25, 0.3) is 17.7 Å². The van der Waals surface area contributed by atoms with Crippen molar-refractivity contribution in [1.29, 1.82) is 0 Å². The Bertz CT molecular complexity index is 714. The molecule has 0 radical (unpaired) electrons. The van der Waals surface area contributed by atoms with Crippen molar-refractivity contribution in [2.45, 2.75) is 52.7 Å². The van der Waals surface area contributed by atoms with Gasteiger partial charge in [-0.3, -0.25) is 19.3 Å². The number of imide groups is 1. The van der Waals surface area contributed by atoms with Crippen molar-refractivity contribution in [2.75, 3.05) is 13.6 Å². The first-order valence-electron chi connectivity index (χ1n) is 8.46. The fourth-order valence-corrected chi connectivity index (χ4v) is 3.34. The number of aliphatic hydroxyl groups excluding tert-OH is 1. The number of fused-ring (bicyclic) bond motifs is 2. The summed E-state index contributed by atoms with van der Waals surface area (Å²) in [5.41, 5.74) is 1.25. The SMILES string of the molecule is C.CCCCCCCN1C(=O)c2cc3c(cc2C1=O)C(O)N(C)C3=O. The van der Waals surface area contributed by atoms with E-state index < -0.39 is 6.23 Å². The van der Waals surface area contributed by atoms with Gasteiger partial charge in [-0.2, -0.15) is 0 Å². The van der Waals surface area contributed by atoms with E-state index in [9.17, 15) is 19.5 Å². The highest BCUT2D eigenvalue weighted by molar-refractivity contribution is 6.22. The normalized spacial score (nSPS) is 18.5. The summed E-state index contributed by atoms with van der Waals surface area (Å²) in [5.74, 6) is -1.01. The lowest BCUT2D eigenvalue weighted by atomic mass is 10.0. The topological polar surface area (TPSA) is 77.9 Å². The van der Waals surface area contributed by atoms with E-state index in [1.54, 1.807) is 0 Å². The summed E-state index contributed by atoms with van der Waals surface area (Å²) in [7, 11) is 1.49. The van der Waals surface area contributed by atoms with Crippen LogP contribution in [0.15, 0.2) is 12.1 Å². The molecule has 0 aliphatic carbocycles. The molecule has 6 heteroatoms. The summed E-state index contributed by atoms with van der Waals surface area (Å²) in [5, 5.41) is 10.1. The van der Waals surface area contributed by atoms with E-state index in [0.29, 0.717) is 17.7 Å². The quantitative estimate of drug-likeness (QED) is 0.634. The predicted octanol–water partition coefficient (Wildman–Crippen LogP) is 2.97. The molecule has 1 N–H and O–H groups in total. The minimum absolute atomic E-state index is 0. The number of hydrogen-bond acceptors (Lipinski definition) is 4. The second-order valence-electron chi connectivity index (χ2n) is 6.45. The predicted molar refractivity (Wildman–Crippen MR) is 94.4 cm³/mol. The number of unbranched alkanes of at least 4 members (excludes halogenated alkanes) is 4. The molecule has 2 aliphatic rings. The summed E-state index contributed by atoms with van der Waals surface area (Å²) >= 11 is 0. The van der Waals surface area contributed by atoms with Crippen molar-refractivity contribution in [1.82, 2.24) is 9.80 Å². The lowest BCUT2D eigenvalue weighted by Gasteiger charge is -2.14. The van der Waals surface area contributed by atoms with Crippen LogP contribution in [0.5, 0.6) is 0 Å². The highest BCUT2D eigenvalue weighted by atomic mass is 16.3. The number of hydrogen-bond donors (Lipinski definition) is 1. The number of carbonyl (C=O) groups is 3. The molecule has 1 aromatic rings. The average molecular weight is 346 g/mol. The van der Waals surface area contributed by atoms with Gasteiger partial charge >= 0.3 is 0 Å². The molecule has 0 bridgehead atoms. The Labute approximate surface area is 148 Å². The molecule has 6 nitrogen and oxygen atoms in total. The second-order valence-corrected chi connectivity index (χ2v) is 6.45. The summed E-state index contributed by atoms with van der Waals surface area (Å²) in [6, 6.07) is 2.95. The third kappa shape index (κ3) is 3.06. The summed E-state index contributed by atoms with van der Waals surface area (Å²) in [4.78, 5) is 39.6. The van der Waals surface area contributed by atoms with Gasteiger partial charge in [0.1, 0.15) is 0 Å². The number of aliphatic hydroxyl groups is 1. The number of benzene rings is 1. The van der Waals surface area contributed by atoms with Crippen LogP contribution in [0.25, 0.3) is 0 Å². The summed E-state index contributed by atoms with van der Waals surface area (Å²) < 4.78 is 0. The van der Waals surface area contributed by atoms with E-state index >= 15 is 0 Å². The number of nitrogens with zero attached hydrogens (tertiary/aromatic N) is 2. The summed E-state index contributed by atoms with van der Waals surface area (Å²) in [6.07, 6.45) is 4.10. The van der Waals surface area contributed by atoms with Gasteiger partial charge < -0.3 is 10.0 Å². The van der Waals surface area contributed by atoms with Gasteiger partial charge in [-0.05, 0) is 18.6 Å². The number of amides is 3. The molecule has 0 spiro atoms. The van der Waals surface area contributed by atoms with E-state index in [0.717, 1.165) is 32.1 Å². The van der Waals surface area contributed by atoms with Gasteiger partial charge in [0.2, 0.25) is 0 Å². The van der Waals surface area contributed by atoms with Gasteiger partial charge in [0.15, 0.2) is 6.23 Å². The zero-order valence-corrected chi connectivity index (χ0v) is 14.0. The Morgan fingerprint density at radius 3 is 2.16 bits per heavy atom. The molecule has 3 rings (SSSR count). The van der Waals surface area contributed by atoms with E-state index in [1.165, 1.54) is 29.0 Å². The first-order valence-corrected chi connectivity index (χ1v) is 8.46. The fourth-order valence-electron chi connectivity index (χ4n) is 3.34. The summed E-state index contributed by atoms with van der Waals surface area (Å²) in [6.45, 7) is 2.54. The van der Waals surface area contributed by atoms with Crippen molar-refractivity contribution in [3.8, 4) is 0 Å². The highest BCUT2D eigenvalue weighted by Gasteiger charge is 2.41. The van der Waals surface area contributed by atoms with Crippen LogP contribution in [0.2, 0.25) is 0 Å². The van der Waals surface area contributed by atoms with Gasteiger partial charge in [-0.15, -0.1) is 0 Å². The molecule has 2 heterocycles. The minimum Gasteiger partial charge on any atom is -0.369 e. The lowest BCUT2D eigenvalue weighted by Crippen LogP contribution is -2.30. The van der Waals surface area contributed by atoms with Crippen LogP contribution >= 0.6 is 0 Å². The Morgan fingerprint density at radius 2 is 1.52 bits per heavy atom. The Kier molecular flexibility index (Phi) is 5.62. The van der Waals surface area contributed by atoms with Crippen molar-refractivity contribution in [3.63, 3.8) is 0 Å². The van der Waals surface area contributed by atoms with Crippen LogP contribution in [0.1, 0.15) is 89.3 Å². The molecule has 0 fully saturated rings. The van der Waals surface area contributed by atoms with Crippen molar-refractivity contribution in [3.05, 3.63) is 34.4 Å². The largest absolute Gasteiger partial charge is 0.369 e. The molecule has 136 valence electrons. The monoisotopic (exact) mass is 346 g/mol. The first-order chi connectivity index (χ1) is 11.5. The Morgan fingerprint density at radius 1 is 0.920 bits per heavy atom. The van der Waals surface area contributed by atoms with E-state index in [1.807, 2.05) is 0 Å². The lowest BCUT2D eigenvalue weighted by molar-refractivity contribution is 0.0301. The molecule has 1 aromatic carbocycles. The van der Waals surface area contributed by atoms with E-state index in [-0.39, 0.29) is 36.3 Å². The zero-order valence-electron chi connectivity index (χ0n) is 14.0. The van der Waals surface area contributed by atoms with Crippen molar-refractivity contribution in [2.24, 2.45) is 0 Å². The van der Waals surface area contributed by atoms with Crippen LogP contribution in [0, 0.1) is 0 Å². The van der Waals surface area contributed by atoms with Gasteiger partial charge in [0.05, 0.1) is 11.1 Å². The standard InChI is InChI=1S/C18H22N2O4.CH4/c1-3-4-5-6-7-8-20-17(23)13-9-11-12(10-14(13)18(20)24)16(22)19(2)15(11)21;/h9-10,15,21H,3-8H2,1-2H3;1H4. The molecule has 3 amide bonds. The number of carbonyl (C=O) groups excluding carboxylic acids is 3. The molecule has 0 saturated carbocycles. The molecular formula is C19H26N2O4. The molecule has 0 saturated heterocycles. The Balaban J connectivity index is 0.00000225. The van der Waals surface area contributed by atoms with Gasteiger partial charge in [-0.1, -0.05) is 40.0 Å².